The van der Waals surface area contributed by atoms with Gasteiger partial charge in [0.15, 0.2) is 0 Å². The molecule has 0 bridgehead atoms. The molecule has 1 N–H and O–H groups in total. The van der Waals surface area contributed by atoms with Crippen molar-refractivity contribution >= 4 is 12.0 Å². The molecule has 1 fully saturated rings. The van der Waals surface area contributed by atoms with E-state index < -0.39 is 0 Å². The summed E-state index contributed by atoms with van der Waals surface area (Å²) in [6, 6.07) is 9.62. The van der Waals surface area contributed by atoms with E-state index in [1.54, 1.807) is 4.90 Å². The van der Waals surface area contributed by atoms with Crippen molar-refractivity contribution in [1.29, 1.82) is 0 Å². The van der Waals surface area contributed by atoms with E-state index in [4.69, 9.17) is 4.74 Å². The lowest BCUT2D eigenvalue weighted by molar-refractivity contribution is -0.124. The molecule has 2 rings (SSSR count). The molecule has 1 saturated heterocycles. The van der Waals surface area contributed by atoms with Crippen LogP contribution >= 0.6 is 0 Å². The van der Waals surface area contributed by atoms with Gasteiger partial charge in [0.2, 0.25) is 5.91 Å². The van der Waals surface area contributed by atoms with Crippen LogP contribution in [0.25, 0.3) is 0 Å². The summed E-state index contributed by atoms with van der Waals surface area (Å²) in [7, 11) is 0. The maximum atomic E-state index is 12.0. The van der Waals surface area contributed by atoms with Crippen molar-refractivity contribution in [3.05, 3.63) is 35.9 Å². The van der Waals surface area contributed by atoms with E-state index in [0.717, 1.165) is 12.0 Å². The van der Waals surface area contributed by atoms with E-state index >= 15 is 0 Å². The van der Waals surface area contributed by atoms with Gasteiger partial charge in [0, 0.05) is 25.0 Å². The predicted molar refractivity (Wildman–Crippen MR) is 79.6 cm³/mol. The number of carbonyl (C=O) groups excluding carboxylic acids is 2. The summed E-state index contributed by atoms with van der Waals surface area (Å²) in [4.78, 5) is 25.3. The van der Waals surface area contributed by atoms with Crippen molar-refractivity contribution in [3.8, 4) is 0 Å². The van der Waals surface area contributed by atoms with Crippen molar-refractivity contribution < 1.29 is 14.3 Å². The van der Waals surface area contributed by atoms with E-state index in [1.807, 2.05) is 44.2 Å². The molecule has 0 aliphatic carbocycles. The molecule has 0 spiro atoms. The van der Waals surface area contributed by atoms with Gasteiger partial charge in [0.05, 0.1) is 0 Å². The number of nitrogens with one attached hydrogen (secondary N) is 1. The third-order valence-electron chi connectivity index (χ3n) is 3.52. The average Bonchev–Trinajstić information content (AvgIpc) is 2.94. The van der Waals surface area contributed by atoms with Crippen LogP contribution < -0.4 is 5.32 Å². The van der Waals surface area contributed by atoms with E-state index in [1.165, 1.54) is 0 Å². The van der Waals surface area contributed by atoms with Gasteiger partial charge in [0.25, 0.3) is 0 Å². The summed E-state index contributed by atoms with van der Waals surface area (Å²) in [6.07, 6.45) is 0.457. The fourth-order valence-corrected chi connectivity index (χ4v) is 2.22. The van der Waals surface area contributed by atoms with Crippen LogP contribution in [0.2, 0.25) is 0 Å². The zero-order valence-electron chi connectivity index (χ0n) is 12.5. The Balaban J connectivity index is 1.76. The Morgan fingerprint density at radius 2 is 2.05 bits per heavy atom. The average molecular weight is 290 g/mol. The summed E-state index contributed by atoms with van der Waals surface area (Å²) in [5.41, 5.74) is 0.967. The molecule has 0 aromatic heterocycles. The van der Waals surface area contributed by atoms with Gasteiger partial charge < -0.3 is 15.0 Å². The molecular weight excluding hydrogens is 268 g/mol. The molecule has 5 nitrogen and oxygen atoms in total. The Bertz CT molecular complexity index is 488. The van der Waals surface area contributed by atoms with Crippen molar-refractivity contribution in [2.45, 2.75) is 32.9 Å². The van der Waals surface area contributed by atoms with Crippen molar-refractivity contribution in [1.82, 2.24) is 10.2 Å². The van der Waals surface area contributed by atoms with Crippen LogP contribution in [-0.2, 0) is 16.1 Å². The van der Waals surface area contributed by atoms with E-state index in [0.29, 0.717) is 13.1 Å². The van der Waals surface area contributed by atoms with Crippen LogP contribution in [0.15, 0.2) is 30.3 Å². The Morgan fingerprint density at radius 3 is 2.71 bits per heavy atom. The van der Waals surface area contributed by atoms with Gasteiger partial charge in [0.1, 0.15) is 6.61 Å². The molecular formula is C16H22N2O3. The second-order valence-corrected chi connectivity index (χ2v) is 5.64. The van der Waals surface area contributed by atoms with Crippen molar-refractivity contribution in [2.24, 2.45) is 5.92 Å². The van der Waals surface area contributed by atoms with Gasteiger partial charge in [-0.25, -0.2) is 4.79 Å². The first kappa shape index (κ1) is 15.4. The summed E-state index contributed by atoms with van der Waals surface area (Å²) < 4.78 is 5.29. The Hall–Kier alpha value is -2.04. The smallest absolute Gasteiger partial charge is 0.410 e. The minimum absolute atomic E-state index is 0.0273. The maximum Gasteiger partial charge on any atom is 0.410 e. The number of carbonyl (C=O) groups is 2. The van der Waals surface area contributed by atoms with Crippen LogP contribution in [0.5, 0.6) is 0 Å². The van der Waals surface area contributed by atoms with Gasteiger partial charge in [-0.05, 0) is 12.0 Å². The lowest BCUT2D eigenvalue weighted by atomic mass is 10.2. The minimum atomic E-state index is -0.319. The van der Waals surface area contributed by atoms with E-state index in [-0.39, 0.29) is 30.6 Å². The normalized spacial score (nSPS) is 17.9. The van der Waals surface area contributed by atoms with Gasteiger partial charge in [-0.15, -0.1) is 0 Å². The first-order valence-corrected chi connectivity index (χ1v) is 7.32. The van der Waals surface area contributed by atoms with Gasteiger partial charge >= 0.3 is 6.09 Å². The van der Waals surface area contributed by atoms with Gasteiger partial charge in [-0.3, -0.25) is 4.79 Å². The van der Waals surface area contributed by atoms with Gasteiger partial charge in [-0.1, -0.05) is 44.2 Å². The number of rotatable bonds is 4. The van der Waals surface area contributed by atoms with E-state index in [9.17, 15) is 9.59 Å². The van der Waals surface area contributed by atoms with Crippen LogP contribution in [0.4, 0.5) is 4.79 Å². The summed E-state index contributed by atoms with van der Waals surface area (Å²) in [5, 5.41) is 2.95. The van der Waals surface area contributed by atoms with Crippen LogP contribution in [-0.4, -0.2) is 36.0 Å². The lowest BCUT2D eigenvalue weighted by Gasteiger charge is -2.17. The molecule has 1 heterocycles. The number of hydrogen-bond donors (Lipinski definition) is 1. The third-order valence-corrected chi connectivity index (χ3v) is 3.52. The van der Waals surface area contributed by atoms with Crippen LogP contribution in [0.3, 0.4) is 0 Å². The number of benzene rings is 1. The Kier molecular flexibility index (Phi) is 5.20. The van der Waals surface area contributed by atoms with Crippen molar-refractivity contribution in [3.63, 3.8) is 0 Å². The number of ether oxygens (including phenoxy) is 1. The monoisotopic (exact) mass is 290 g/mol. The molecule has 5 heteroatoms. The standard InChI is InChI=1S/C16H22N2O3/c1-12(2)15(19)17-14-8-9-18(10-14)16(20)21-11-13-6-4-3-5-7-13/h3-7,12,14H,8-11H2,1-2H3,(H,17,19). The molecule has 1 unspecified atom stereocenters. The molecule has 1 aliphatic rings. The summed E-state index contributed by atoms with van der Waals surface area (Å²) in [5.74, 6) is -0.0106. The summed E-state index contributed by atoms with van der Waals surface area (Å²) >= 11 is 0. The van der Waals surface area contributed by atoms with Crippen molar-refractivity contribution in [2.75, 3.05) is 13.1 Å². The molecule has 114 valence electrons. The minimum Gasteiger partial charge on any atom is -0.445 e. The lowest BCUT2D eigenvalue weighted by Crippen LogP contribution is -2.40. The quantitative estimate of drug-likeness (QED) is 0.924. The van der Waals surface area contributed by atoms with Crippen LogP contribution in [0, 0.1) is 5.92 Å². The second-order valence-electron chi connectivity index (χ2n) is 5.64. The zero-order valence-corrected chi connectivity index (χ0v) is 12.5. The number of likely N-dealkylation sites (tertiary alicyclic amines) is 1. The predicted octanol–water partition coefficient (Wildman–Crippen LogP) is 2.17. The molecule has 0 saturated carbocycles. The number of hydrogen-bond acceptors (Lipinski definition) is 3. The fraction of sp³-hybridized carbons (Fsp3) is 0.500. The topological polar surface area (TPSA) is 58.6 Å². The van der Waals surface area contributed by atoms with Crippen LogP contribution in [0.1, 0.15) is 25.8 Å². The summed E-state index contributed by atoms with van der Waals surface area (Å²) in [6.45, 7) is 5.13. The Labute approximate surface area is 125 Å². The maximum absolute atomic E-state index is 12.0. The molecule has 2 amide bonds. The second kappa shape index (κ2) is 7.11. The number of amides is 2. The largest absolute Gasteiger partial charge is 0.445 e. The first-order valence-electron chi connectivity index (χ1n) is 7.32. The zero-order chi connectivity index (χ0) is 15.2. The molecule has 0 radical (unpaired) electrons. The molecule has 1 aromatic carbocycles. The highest BCUT2D eigenvalue weighted by molar-refractivity contribution is 5.78. The molecule has 21 heavy (non-hydrogen) atoms. The third kappa shape index (κ3) is 4.48. The molecule has 1 aliphatic heterocycles. The number of nitrogens with zero attached hydrogens (tertiary/aromatic N) is 1. The fourth-order valence-electron chi connectivity index (χ4n) is 2.22. The molecule has 1 aromatic rings. The SMILES string of the molecule is CC(C)C(=O)NC1CCN(C(=O)OCc2ccccc2)C1. The highest BCUT2D eigenvalue weighted by Crippen LogP contribution is 2.12. The highest BCUT2D eigenvalue weighted by atomic mass is 16.6. The first-order chi connectivity index (χ1) is 10.1. The van der Waals surface area contributed by atoms with Gasteiger partial charge in [-0.2, -0.15) is 0 Å². The molecule has 1 atom stereocenters. The van der Waals surface area contributed by atoms with E-state index in [2.05, 4.69) is 5.32 Å². The Morgan fingerprint density at radius 1 is 1.33 bits per heavy atom. The highest BCUT2D eigenvalue weighted by Gasteiger charge is 2.28.